The van der Waals surface area contributed by atoms with Gasteiger partial charge in [0.15, 0.2) is 5.69 Å². The Morgan fingerprint density at radius 1 is 1.06 bits per heavy atom. The normalized spacial score (nSPS) is 13.9. The molecule has 0 saturated carbocycles. The van der Waals surface area contributed by atoms with Crippen LogP contribution >= 0.6 is 0 Å². The monoisotopic (exact) mass is 431 g/mol. The van der Waals surface area contributed by atoms with Gasteiger partial charge in [-0.25, -0.2) is 0 Å². The number of para-hydroxylation sites is 1. The fourth-order valence-electron chi connectivity index (χ4n) is 3.36. The molecule has 0 atom stereocenters. The summed E-state index contributed by atoms with van der Waals surface area (Å²) in [5.41, 5.74) is 0.977. The number of hydrogen-bond acceptors (Lipinski definition) is 8. The lowest BCUT2D eigenvalue weighted by Gasteiger charge is -2.31. The molecule has 3 rings (SSSR count). The maximum absolute atomic E-state index is 13.5. The molecule has 2 N–H and O–H groups in total. The third kappa shape index (κ3) is 6.19. The second-order valence-corrected chi connectivity index (χ2v) is 7.02. The van der Waals surface area contributed by atoms with E-state index in [0.717, 1.165) is 32.7 Å². The van der Waals surface area contributed by atoms with Crippen molar-refractivity contribution in [3.63, 3.8) is 0 Å². The average Bonchev–Trinajstić information content (AvgIpc) is 2.82. The van der Waals surface area contributed by atoms with Gasteiger partial charge < -0.3 is 29.7 Å². The van der Waals surface area contributed by atoms with Gasteiger partial charge in [0.05, 0.1) is 12.3 Å². The van der Waals surface area contributed by atoms with E-state index in [1.54, 1.807) is 0 Å². The molecule has 0 bridgehead atoms. The lowest BCUT2D eigenvalue weighted by molar-refractivity contribution is 0.107. The smallest absolute Gasteiger partial charge is 0.316 e. The standard InChI is InChI=1S/C22H33N5O4/c1-3-23-12-15-30-20-19(26-13-10-24-11-14-26)21(31-17-16-29-4-2)25-27(22(20)28)18-8-6-5-7-9-18/h5-9,23-24H,3-4,10-17H2,1-2H3. The quantitative estimate of drug-likeness (QED) is 0.482. The Hall–Kier alpha value is -2.62. The van der Waals surface area contributed by atoms with Gasteiger partial charge in [-0.3, -0.25) is 4.79 Å². The Balaban J connectivity index is 2.04. The van der Waals surface area contributed by atoms with Crippen LogP contribution in [0.4, 0.5) is 5.69 Å². The number of likely N-dealkylation sites (N-methyl/N-ethyl adjacent to an activating group) is 1. The number of nitrogens with one attached hydrogen (secondary N) is 2. The summed E-state index contributed by atoms with van der Waals surface area (Å²) in [6.07, 6.45) is 0. The van der Waals surface area contributed by atoms with Crippen LogP contribution in [0.1, 0.15) is 13.8 Å². The Bertz CT molecular complexity index is 853. The number of benzene rings is 1. The van der Waals surface area contributed by atoms with Crippen molar-refractivity contribution in [2.45, 2.75) is 13.8 Å². The predicted molar refractivity (Wildman–Crippen MR) is 121 cm³/mol. The van der Waals surface area contributed by atoms with Crippen LogP contribution in [0.25, 0.3) is 5.69 Å². The molecule has 9 nitrogen and oxygen atoms in total. The van der Waals surface area contributed by atoms with Gasteiger partial charge in [-0.15, -0.1) is 5.10 Å². The third-order valence-corrected chi connectivity index (χ3v) is 4.87. The van der Waals surface area contributed by atoms with E-state index in [1.807, 2.05) is 44.2 Å². The minimum atomic E-state index is -0.298. The summed E-state index contributed by atoms with van der Waals surface area (Å²) in [5, 5.41) is 11.2. The second-order valence-electron chi connectivity index (χ2n) is 7.02. The molecule has 9 heteroatoms. The molecular formula is C22H33N5O4. The molecule has 1 saturated heterocycles. The van der Waals surface area contributed by atoms with Crippen molar-refractivity contribution in [1.29, 1.82) is 0 Å². The minimum Gasteiger partial charge on any atom is -0.485 e. The minimum absolute atomic E-state index is 0.269. The first-order chi connectivity index (χ1) is 15.3. The Morgan fingerprint density at radius 3 is 2.55 bits per heavy atom. The number of anilines is 1. The maximum Gasteiger partial charge on any atom is 0.316 e. The van der Waals surface area contributed by atoms with Gasteiger partial charge in [-0.2, -0.15) is 4.68 Å². The van der Waals surface area contributed by atoms with Crippen LogP contribution in [0, 0.1) is 0 Å². The van der Waals surface area contributed by atoms with Crippen LogP contribution in [0.2, 0.25) is 0 Å². The molecule has 2 heterocycles. The summed E-state index contributed by atoms with van der Waals surface area (Å²) >= 11 is 0. The second kappa shape index (κ2) is 12.3. The Morgan fingerprint density at radius 2 is 1.84 bits per heavy atom. The van der Waals surface area contributed by atoms with Crippen molar-refractivity contribution < 1.29 is 14.2 Å². The van der Waals surface area contributed by atoms with Gasteiger partial charge in [0.25, 0.3) is 5.88 Å². The zero-order valence-electron chi connectivity index (χ0n) is 18.4. The molecule has 0 spiro atoms. The highest BCUT2D eigenvalue weighted by Crippen LogP contribution is 2.34. The molecule has 1 aliphatic heterocycles. The summed E-state index contributed by atoms with van der Waals surface area (Å²) in [7, 11) is 0. The van der Waals surface area contributed by atoms with E-state index < -0.39 is 0 Å². The van der Waals surface area contributed by atoms with E-state index in [4.69, 9.17) is 14.2 Å². The highest BCUT2D eigenvalue weighted by atomic mass is 16.5. The lowest BCUT2D eigenvalue weighted by Crippen LogP contribution is -2.44. The number of ether oxygens (including phenoxy) is 3. The molecule has 0 radical (unpaired) electrons. The Kier molecular flexibility index (Phi) is 9.14. The van der Waals surface area contributed by atoms with Crippen LogP contribution in [0.5, 0.6) is 11.6 Å². The molecule has 0 aliphatic carbocycles. The van der Waals surface area contributed by atoms with Crippen molar-refractivity contribution in [2.24, 2.45) is 0 Å². The fraction of sp³-hybridized carbons (Fsp3) is 0.545. The maximum atomic E-state index is 13.5. The third-order valence-electron chi connectivity index (χ3n) is 4.87. The molecule has 1 fully saturated rings. The van der Waals surface area contributed by atoms with E-state index in [0.29, 0.717) is 50.2 Å². The molecule has 0 unspecified atom stereocenters. The van der Waals surface area contributed by atoms with E-state index >= 15 is 0 Å². The topological polar surface area (TPSA) is 89.9 Å². The molecule has 2 aromatic rings. The van der Waals surface area contributed by atoms with Crippen molar-refractivity contribution in [2.75, 3.05) is 70.6 Å². The van der Waals surface area contributed by atoms with Crippen LogP contribution < -0.4 is 30.6 Å². The zero-order valence-corrected chi connectivity index (χ0v) is 18.4. The summed E-state index contributed by atoms with van der Waals surface area (Å²) in [6, 6.07) is 9.32. The van der Waals surface area contributed by atoms with Crippen LogP contribution in [0.15, 0.2) is 35.1 Å². The zero-order chi connectivity index (χ0) is 21.9. The largest absolute Gasteiger partial charge is 0.485 e. The first-order valence-corrected chi connectivity index (χ1v) is 11.0. The molecule has 1 aliphatic rings. The van der Waals surface area contributed by atoms with Gasteiger partial charge in [0.1, 0.15) is 13.2 Å². The van der Waals surface area contributed by atoms with E-state index in [-0.39, 0.29) is 11.3 Å². The van der Waals surface area contributed by atoms with Gasteiger partial charge in [-0.05, 0) is 25.6 Å². The lowest BCUT2D eigenvalue weighted by atomic mass is 10.2. The molecular weight excluding hydrogens is 398 g/mol. The first-order valence-electron chi connectivity index (χ1n) is 11.0. The van der Waals surface area contributed by atoms with Crippen molar-refractivity contribution in [1.82, 2.24) is 20.4 Å². The van der Waals surface area contributed by atoms with Crippen molar-refractivity contribution in [3.05, 3.63) is 40.7 Å². The fourth-order valence-corrected chi connectivity index (χ4v) is 3.36. The Labute approximate surface area is 183 Å². The van der Waals surface area contributed by atoms with Crippen molar-refractivity contribution in [3.8, 4) is 17.3 Å². The van der Waals surface area contributed by atoms with E-state index in [1.165, 1.54) is 4.68 Å². The summed E-state index contributed by atoms with van der Waals surface area (Å²) < 4.78 is 18.8. The van der Waals surface area contributed by atoms with Crippen LogP contribution in [0.3, 0.4) is 0 Å². The van der Waals surface area contributed by atoms with Crippen LogP contribution in [-0.4, -0.2) is 75.5 Å². The predicted octanol–water partition coefficient (Wildman–Crippen LogP) is 1.05. The van der Waals surface area contributed by atoms with E-state index in [9.17, 15) is 4.79 Å². The first kappa shape index (κ1) is 23.1. The average molecular weight is 432 g/mol. The number of rotatable bonds is 12. The molecule has 1 aromatic carbocycles. The number of hydrogen-bond donors (Lipinski definition) is 2. The summed E-state index contributed by atoms with van der Waals surface area (Å²) in [4.78, 5) is 15.6. The summed E-state index contributed by atoms with van der Waals surface area (Å²) in [6.45, 7) is 10.3. The SMILES string of the molecule is CCNCCOc1c(N2CCNCC2)c(OCCOCC)nn(-c2ccccc2)c1=O. The molecule has 170 valence electrons. The van der Waals surface area contributed by atoms with Gasteiger partial charge in [0, 0.05) is 39.3 Å². The highest BCUT2D eigenvalue weighted by Gasteiger charge is 2.27. The van der Waals surface area contributed by atoms with Crippen LogP contribution in [-0.2, 0) is 4.74 Å². The highest BCUT2D eigenvalue weighted by molar-refractivity contribution is 5.65. The molecule has 31 heavy (non-hydrogen) atoms. The number of aromatic nitrogens is 2. The number of piperazine rings is 1. The summed E-state index contributed by atoms with van der Waals surface area (Å²) in [5.74, 6) is 0.647. The van der Waals surface area contributed by atoms with Gasteiger partial charge >= 0.3 is 5.56 Å². The molecule has 1 aromatic heterocycles. The van der Waals surface area contributed by atoms with Crippen molar-refractivity contribution >= 4 is 5.69 Å². The number of nitrogens with zero attached hydrogens (tertiary/aromatic N) is 3. The van der Waals surface area contributed by atoms with Gasteiger partial charge in [0.2, 0.25) is 5.75 Å². The van der Waals surface area contributed by atoms with E-state index in [2.05, 4.69) is 20.6 Å². The molecule has 0 amide bonds. The van der Waals surface area contributed by atoms with Gasteiger partial charge in [-0.1, -0.05) is 25.1 Å².